The van der Waals surface area contributed by atoms with Gasteiger partial charge in [-0.2, -0.15) is 0 Å². The third-order valence-electron chi connectivity index (χ3n) is 3.86. The van der Waals surface area contributed by atoms with E-state index in [9.17, 15) is 4.79 Å². The Balaban J connectivity index is 2.06. The molecule has 1 aliphatic rings. The number of hydrogen-bond donors (Lipinski definition) is 1. The molecule has 2 heterocycles. The van der Waals surface area contributed by atoms with Crippen LogP contribution in [0, 0.1) is 13.8 Å². The highest BCUT2D eigenvalue weighted by Crippen LogP contribution is 2.25. The van der Waals surface area contributed by atoms with E-state index in [1.807, 2.05) is 25.8 Å². The number of hydrogen-bond acceptors (Lipinski definition) is 4. The fraction of sp³-hybridized carbons (Fsp3) is 0.692. The van der Waals surface area contributed by atoms with Gasteiger partial charge in [0.05, 0.1) is 10.7 Å². The van der Waals surface area contributed by atoms with Crippen LogP contribution in [0.1, 0.15) is 40.1 Å². The minimum absolute atomic E-state index is 0.149. The van der Waals surface area contributed by atoms with Gasteiger partial charge in [0, 0.05) is 18.6 Å². The second kappa shape index (κ2) is 4.97. The van der Waals surface area contributed by atoms with Crippen molar-refractivity contribution in [3.8, 4) is 0 Å². The summed E-state index contributed by atoms with van der Waals surface area (Å²) in [6.07, 6.45) is 2.01. The molecule has 1 saturated heterocycles. The Labute approximate surface area is 112 Å². The van der Waals surface area contributed by atoms with E-state index in [4.69, 9.17) is 0 Å². The predicted molar refractivity (Wildman–Crippen MR) is 74.2 cm³/mol. The number of carbonyl (C=O) groups excluding carboxylic acids is 1. The van der Waals surface area contributed by atoms with Crippen LogP contribution in [-0.4, -0.2) is 41.5 Å². The summed E-state index contributed by atoms with van der Waals surface area (Å²) in [4.78, 5) is 19.5. The third-order valence-corrected chi connectivity index (χ3v) is 4.92. The predicted octanol–water partition coefficient (Wildman–Crippen LogP) is 1.97. The summed E-state index contributed by atoms with van der Waals surface area (Å²) < 4.78 is 0. The number of carbonyl (C=O) groups is 1. The highest BCUT2D eigenvalue weighted by molar-refractivity contribution is 7.13. The summed E-state index contributed by atoms with van der Waals surface area (Å²) in [6, 6.07) is 0. The molecule has 0 radical (unpaired) electrons. The normalized spacial score (nSPS) is 19.0. The maximum absolute atomic E-state index is 12.4. The zero-order valence-electron chi connectivity index (χ0n) is 11.5. The van der Waals surface area contributed by atoms with Crippen LogP contribution in [0.2, 0.25) is 0 Å². The van der Waals surface area contributed by atoms with Gasteiger partial charge < -0.3 is 10.2 Å². The fourth-order valence-corrected chi connectivity index (χ4v) is 3.21. The zero-order valence-corrected chi connectivity index (χ0v) is 12.4. The summed E-state index contributed by atoms with van der Waals surface area (Å²) >= 11 is 1.50. The number of amides is 1. The Morgan fingerprint density at radius 2 is 2.00 bits per heavy atom. The number of thiazole rings is 1. The van der Waals surface area contributed by atoms with E-state index < -0.39 is 0 Å². The maximum atomic E-state index is 12.4. The average Bonchev–Trinajstić information content (AvgIpc) is 2.69. The molecule has 1 amide bonds. The zero-order chi connectivity index (χ0) is 13.3. The number of nitrogens with zero attached hydrogens (tertiary/aromatic N) is 2. The summed E-state index contributed by atoms with van der Waals surface area (Å²) in [5, 5.41) is 4.31. The highest BCUT2D eigenvalue weighted by Gasteiger charge is 2.31. The van der Waals surface area contributed by atoms with Crippen molar-refractivity contribution in [2.75, 3.05) is 20.1 Å². The Hall–Kier alpha value is -0.940. The molecule has 0 saturated carbocycles. The van der Waals surface area contributed by atoms with E-state index in [0.29, 0.717) is 0 Å². The van der Waals surface area contributed by atoms with Crippen LogP contribution < -0.4 is 5.32 Å². The smallest absolute Gasteiger partial charge is 0.265 e. The number of rotatable bonds is 2. The van der Waals surface area contributed by atoms with Crippen LogP contribution in [0.25, 0.3) is 0 Å². The molecule has 1 N–H and O–H groups in total. The highest BCUT2D eigenvalue weighted by atomic mass is 32.1. The van der Waals surface area contributed by atoms with Gasteiger partial charge in [-0.1, -0.05) is 0 Å². The van der Waals surface area contributed by atoms with Crippen molar-refractivity contribution >= 4 is 17.2 Å². The van der Waals surface area contributed by atoms with Gasteiger partial charge in [-0.05, 0) is 40.7 Å². The van der Waals surface area contributed by atoms with E-state index in [1.165, 1.54) is 11.3 Å². The summed E-state index contributed by atoms with van der Waals surface area (Å²) in [5.41, 5.74) is 1.04. The number of nitrogens with one attached hydrogen (secondary N) is 1. The summed E-state index contributed by atoms with van der Waals surface area (Å²) in [6.45, 7) is 7.73. The molecule has 1 aromatic rings. The molecule has 0 aliphatic carbocycles. The lowest BCUT2D eigenvalue weighted by molar-refractivity contribution is 0.0666. The third kappa shape index (κ3) is 2.57. The molecule has 0 bridgehead atoms. The second-order valence-corrected chi connectivity index (χ2v) is 6.45. The lowest BCUT2D eigenvalue weighted by atomic mass is 9.90. The minimum Gasteiger partial charge on any atom is -0.338 e. The van der Waals surface area contributed by atoms with E-state index in [-0.39, 0.29) is 11.4 Å². The SMILES string of the molecule is CNC1(C)CCN(C(=O)c2sc(C)nc2C)CC1. The first-order valence-electron chi connectivity index (χ1n) is 6.37. The molecular formula is C13H21N3OS. The quantitative estimate of drug-likeness (QED) is 0.891. The van der Waals surface area contributed by atoms with Crippen LogP contribution in [0.3, 0.4) is 0 Å². The molecule has 2 rings (SSSR count). The molecule has 100 valence electrons. The minimum atomic E-state index is 0.149. The first-order valence-corrected chi connectivity index (χ1v) is 7.19. The monoisotopic (exact) mass is 267 g/mol. The summed E-state index contributed by atoms with van der Waals surface area (Å²) in [7, 11) is 1.99. The Morgan fingerprint density at radius 1 is 1.39 bits per heavy atom. The largest absolute Gasteiger partial charge is 0.338 e. The number of likely N-dealkylation sites (tertiary alicyclic amines) is 1. The average molecular weight is 267 g/mol. The molecule has 4 nitrogen and oxygen atoms in total. The molecule has 5 heteroatoms. The van der Waals surface area contributed by atoms with Crippen molar-refractivity contribution in [2.45, 2.75) is 39.2 Å². The van der Waals surface area contributed by atoms with Crippen LogP contribution in [0.4, 0.5) is 0 Å². The van der Waals surface area contributed by atoms with Gasteiger partial charge in [0.1, 0.15) is 4.88 Å². The topological polar surface area (TPSA) is 45.2 Å². The van der Waals surface area contributed by atoms with Gasteiger partial charge in [-0.15, -0.1) is 11.3 Å². The van der Waals surface area contributed by atoms with Gasteiger partial charge in [-0.25, -0.2) is 4.98 Å². The van der Waals surface area contributed by atoms with Crippen LogP contribution in [-0.2, 0) is 0 Å². The molecule has 1 aromatic heterocycles. The van der Waals surface area contributed by atoms with Gasteiger partial charge >= 0.3 is 0 Å². The van der Waals surface area contributed by atoms with E-state index in [0.717, 1.165) is 41.5 Å². The van der Waals surface area contributed by atoms with E-state index in [1.54, 1.807) is 0 Å². The number of aromatic nitrogens is 1. The van der Waals surface area contributed by atoms with Crippen LogP contribution >= 0.6 is 11.3 Å². The van der Waals surface area contributed by atoms with Crippen molar-refractivity contribution in [1.29, 1.82) is 0 Å². The van der Waals surface area contributed by atoms with Crippen molar-refractivity contribution in [1.82, 2.24) is 15.2 Å². The Kier molecular flexibility index (Phi) is 3.73. The lowest BCUT2D eigenvalue weighted by Crippen LogP contribution is -2.51. The van der Waals surface area contributed by atoms with Crippen molar-refractivity contribution < 1.29 is 4.79 Å². The first kappa shape index (κ1) is 13.5. The summed E-state index contributed by atoms with van der Waals surface area (Å²) in [5.74, 6) is 0.149. The second-order valence-electron chi connectivity index (χ2n) is 5.25. The molecule has 1 aliphatic heterocycles. The fourth-order valence-electron chi connectivity index (χ4n) is 2.33. The van der Waals surface area contributed by atoms with Crippen LogP contribution in [0.5, 0.6) is 0 Å². The van der Waals surface area contributed by atoms with Crippen LogP contribution in [0.15, 0.2) is 0 Å². The van der Waals surface area contributed by atoms with E-state index >= 15 is 0 Å². The first-order chi connectivity index (χ1) is 8.45. The Bertz CT molecular complexity index is 447. The van der Waals surface area contributed by atoms with Gasteiger partial charge in [-0.3, -0.25) is 4.79 Å². The molecule has 1 fully saturated rings. The standard InChI is InChI=1S/C13H21N3OS/c1-9-11(18-10(2)15-9)12(17)16-7-5-13(3,14-4)6-8-16/h14H,5-8H2,1-4H3. The number of aryl methyl sites for hydroxylation is 2. The molecular weight excluding hydrogens is 246 g/mol. The molecule has 18 heavy (non-hydrogen) atoms. The van der Waals surface area contributed by atoms with Crippen molar-refractivity contribution in [3.63, 3.8) is 0 Å². The lowest BCUT2D eigenvalue weighted by Gasteiger charge is -2.39. The van der Waals surface area contributed by atoms with E-state index in [2.05, 4.69) is 17.2 Å². The van der Waals surface area contributed by atoms with Gasteiger partial charge in [0.15, 0.2) is 0 Å². The molecule has 0 aromatic carbocycles. The van der Waals surface area contributed by atoms with Crippen molar-refractivity contribution in [3.05, 3.63) is 15.6 Å². The van der Waals surface area contributed by atoms with Gasteiger partial charge in [0.25, 0.3) is 5.91 Å². The molecule has 0 spiro atoms. The molecule has 0 atom stereocenters. The molecule has 0 unspecified atom stereocenters. The van der Waals surface area contributed by atoms with Crippen molar-refractivity contribution in [2.24, 2.45) is 0 Å². The Morgan fingerprint density at radius 3 is 2.44 bits per heavy atom. The number of piperidine rings is 1. The van der Waals surface area contributed by atoms with Gasteiger partial charge in [0.2, 0.25) is 0 Å². The maximum Gasteiger partial charge on any atom is 0.265 e.